The van der Waals surface area contributed by atoms with Crippen LogP contribution in [0.2, 0.25) is 0 Å². The summed E-state index contributed by atoms with van der Waals surface area (Å²) < 4.78 is 0. The summed E-state index contributed by atoms with van der Waals surface area (Å²) in [6, 6.07) is 38.3. The van der Waals surface area contributed by atoms with Crippen LogP contribution in [-0.2, 0) is 20.4 Å². The van der Waals surface area contributed by atoms with E-state index in [1.165, 1.54) is 0 Å². The van der Waals surface area contributed by atoms with E-state index in [2.05, 4.69) is 0 Å². The Labute approximate surface area is 176 Å². The predicted octanol–water partition coefficient (Wildman–Crippen LogP) is 5.36. The smallest absolute Gasteiger partial charge is 0.136 e. The zero-order valence-corrected chi connectivity index (χ0v) is 16.5. The van der Waals surface area contributed by atoms with Crippen LogP contribution in [0.1, 0.15) is 22.3 Å². The van der Waals surface area contributed by atoms with Crippen molar-refractivity contribution in [2.45, 2.75) is 10.8 Å². The first-order valence-electron chi connectivity index (χ1n) is 9.94. The molecule has 0 aliphatic heterocycles. The lowest BCUT2D eigenvalue weighted by atomic mass is 9.53. The van der Waals surface area contributed by atoms with Crippen LogP contribution in [0.25, 0.3) is 0 Å². The second-order valence-corrected chi connectivity index (χ2v) is 7.32. The van der Waals surface area contributed by atoms with Crippen molar-refractivity contribution in [3.63, 3.8) is 0 Å². The fraction of sp³-hybridized carbons (Fsp3) is 0.0714. The van der Waals surface area contributed by atoms with Gasteiger partial charge in [-0.25, -0.2) is 0 Å². The van der Waals surface area contributed by atoms with Crippen LogP contribution in [0.5, 0.6) is 0 Å². The van der Waals surface area contributed by atoms with Gasteiger partial charge in [-0.2, -0.15) is 0 Å². The number of rotatable bonds is 7. The molecule has 30 heavy (non-hydrogen) atoms. The molecule has 0 aliphatic carbocycles. The van der Waals surface area contributed by atoms with Crippen molar-refractivity contribution in [2.75, 3.05) is 0 Å². The molecule has 0 heterocycles. The Kier molecular flexibility index (Phi) is 5.40. The summed E-state index contributed by atoms with van der Waals surface area (Å²) in [6.07, 6.45) is 1.87. The number of benzene rings is 4. The minimum Gasteiger partial charge on any atom is -0.302 e. The molecule has 4 aromatic rings. The number of carbonyl (C=O) groups excluding carboxylic acids is 2. The van der Waals surface area contributed by atoms with Crippen LogP contribution in [0.4, 0.5) is 0 Å². The van der Waals surface area contributed by atoms with Crippen molar-refractivity contribution >= 4 is 12.6 Å². The summed E-state index contributed by atoms with van der Waals surface area (Å²) in [5.41, 5.74) is 0.578. The van der Waals surface area contributed by atoms with E-state index in [0.29, 0.717) is 0 Å². The van der Waals surface area contributed by atoms with Crippen molar-refractivity contribution in [3.8, 4) is 0 Å². The molecular weight excluding hydrogens is 368 g/mol. The van der Waals surface area contributed by atoms with Gasteiger partial charge in [-0.05, 0) is 22.3 Å². The lowest BCUT2D eigenvalue weighted by Gasteiger charge is -2.45. The van der Waals surface area contributed by atoms with Gasteiger partial charge in [0.15, 0.2) is 0 Å². The molecule has 0 fully saturated rings. The van der Waals surface area contributed by atoms with Crippen molar-refractivity contribution in [3.05, 3.63) is 144 Å². The van der Waals surface area contributed by atoms with E-state index in [0.717, 1.165) is 34.8 Å². The van der Waals surface area contributed by atoms with E-state index in [9.17, 15) is 9.59 Å². The summed E-state index contributed by atoms with van der Waals surface area (Å²) in [5.74, 6) is 0. The molecule has 2 nitrogen and oxygen atoms in total. The molecular formula is C28H22O2. The second kappa shape index (κ2) is 8.30. The van der Waals surface area contributed by atoms with Crippen molar-refractivity contribution in [1.82, 2.24) is 0 Å². The average Bonchev–Trinajstić information content (AvgIpc) is 2.85. The van der Waals surface area contributed by atoms with E-state index in [-0.39, 0.29) is 0 Å². The van der Waals surface area contributed by atoms with Gasteiger partial charge in [0.25, 0.3) is 0 Å². The monoisotopic (exact) mass is 390 g/mol. The molecule has 0 amide bonds. The van der Waals surface area contributed by atoms with Gasteiger partial charge in [0.2, 0.25) is 0 Å². The van der Waals surface area contributed by atoms with E-state index < -0.39 is 10.8 Å². The van der Waals surface area contributed by atoms with Crippen LogP contribution >= 0.6 is 0 Å². The first-order valence-corrected chi connectivity index (χ1v) is 9.94. The highest BCUT2D eigenvalue weighted by Crippen LogP contribution is 2.50. The molecule has 146 valence electrons. The second-order valence-electron chi connectivity index (χ2n) is 7.32. The fourth-order valence-corrected chi connectivity index (χ4v) is 4.51. The molecule has 0 N–H and O–H groups in total. The van der Waals surface area contributed by atoms with Crippen molar-refractivity contribution in [2.24, 2.45) is 0 Å². The standard InChI is InChI=1S/C28H22O2/c29-21-27(23-13-5-1-6-14-23,24-15-7-2-8-16-24)28(22-30,25-17-9-3-10-18-25)26-19-11-4-12-20-26/h1-22H. The quantitative estimate of drug-likeness (QED) is 0.398. The maximum absolute atomic E-state index is 13.2. The number of hydrogen-bond acceptors (Lipinski definition) is 2. The Morgan fingerprint density at radius 3 is 0.733 bits per heavy atom. The third-order valence-corrected chi connectivity index (χ3v) is 5.89. The Balaban J connectivity index is 2.20. The Bertz CT molecular complexity index is 932. The lowest BCUT2D eigenvalue weighted by molar-refractivity contribution is -0.120. The molecule has 0 spiro atoms. The van der Waals surface area contributed by atoms with Crippen LogP contribution in [0.3, 0.4) is 0 Å². The predicted molar refractivity (Wildman–Crippen MR) is 119 cm³/mol. The summed E-state index contributed by atoms with van der Waals surface area (Å²) in [5, 5.41) is 0. The average molecular weight is 390 g/mol. The summed E-state index contributed by atoms with van der Waals surface area (Å²) in [6.45, 7) is 0. The Hall–Kier alpha value is -3.78. The summed E-state index contributed by atoms with van der Waals surface area (Å²) >= 11 is 0. The third-order valence-electron chi connectivity index (χ3n) is 5.89. The molecule has 0 aromatic heterocycles. The third kappa shape index (κ3) is 2.89. The van der Waals surface area contributed by atoms with Crippen LogP contribution in [0, 0.1) is 0 Å². The molecule has 0 radical (unpaired) electrons. The van der Waals surface area contributed by atoms with E-state index >= 15 is 0 Å². The topological polar surface area (TPSA) is 34.1 Å². The molecule has 0 saturated heterocycles. The minimum absolute atomic E-state index is 0.769. The zero-order chi connectivity index (χ0) is 20.9. The van der Waals surface area contributed by atoms with E-state index in [4.69, 9.17) is 0 Å². The van der Waals surface area contributed by atoms with Crippen molar-refractivity contribution < 1.29 is 9.59 Å². The normalized spacial score (nSPS) is 11.6. The van der Waals surface area contributed by atoms with Gasteiger partial charge in [-0.15, -0.1) is 0 Å². The largest absolute Gasteiger partial charge is 0.302 e. The van der Waals surface area contributed by atoms with Gasteiger partial charge in [-0.3, -0.25) is 0 Å². The highest BCUT2D eigenvalue weighted by Gasteiger charge is 2.56. The van der Waals surface area contributed by atoms with Crippen LogP contribution in [0.15, 0.2) is 121 Å². The van der Waals surface area contributed by atoms with Crippen molar-refractivity contribution in [1.29, 1.82) is 0 Å². The van der Waals surface area contributed by atoms with Gasteiger partial charge < -0.3 is 9.59 Å². The molecule has 0 aliphatic rings. The maximum Gasteiger partial charge on any atom is 0.136 e. The number of hydrogen-bond donors (Lipinski definition) is 0. The number of carbonyl (C=O) groups is 2. The fourth-order valence-electron chi connectivity index (χ4n) is 4.51. The summed E-state index contributed by atoms with van der Waals surface area (Å²) in [4.78, 5) is 26.4. The number of aldehydes is 2. The Morgan fingerprint density at radius 2 is 0.567 bits per heavy atom. The van der Waals surface area contributed by atoms with Gasteiger partial charge >= 0.3 is 0 Å². The highest BCUT2D eigenvalue weighted by atomic mass is 16.1. The molecule has 0 bridgehead atoms. The van der Waals surface area contributed by atoms with Gasteiger partial charge in [0.1, 0.15) is 12.6 Å². The summed E-state index contributed by atoms with van der Waals surface area (Å²) in [7, 11) is 0. The van der Waals surface area contributed by atoms with Gasteiger partial charge in [0, 0.05) is 0 Å². The zero-order valence-electron chi connectivity index (χ0n) is 16.5. The highest BCUT2D eigenvalue weighted by molar-refractivity contribution is 5.92. The Morgan fingerprint density at radius 1 is 0.367 bits per heavy atom. The lowest BCUT2D eigenvalue weighted by Crippen LogP contribution is -2.53. The first kappa shape index (κ1) is 19.5. The minimum atomic E-state index is -1.25. The maximum atomic E-state index is 13.2. The first-order chi connectivity index (χ1) is 14.8. The molecule has 2 heteroatoms. The molecule has 4 rings (SSSR count). The molecule has 0 saturated carbocycles. The van der Waals surface area contributed by atoms with Crippen LogP contribution < -0.4 is 0 Å². The van der Waals surface area contributed by atoms with Crippen LogP contribution in [-0.4, -0.2) is 12.6 Å². The van der Waals surface area contributed by atoms with E-state index in [1.807, 2.05) is 121 Å². The molecule has 0 unspecified atom stereocenters. The van der Waals surface area contributed by atoms with E-state index in [1.54, 1.807) is 0 Å². The molecule has 4 aromatic carbocycles. The molecule has 0 atom stereocenters. The van der Waals surface area contributed by atoms with Gasteiger partial charge in [0.05, 0.1) is 10.8 Å². The SMILES string of the molecule is O=CC(c1ccccc1)(c1ccccc1)C(C=O)(c1ccccc1)c1ccccc1. The van der Waals surface area contributed by atoms with Gasteiger partial charge in [-0.1, -0.05) is 121 Å².